The van der Waals surface area contributed by atoms with Crippen molar-refractivity contribution in [3.63, 3.8) is 0 Å². The van der Waals surface area contributed by atoms with Crippen LogP contribution in [-0.2, 0) is 19.3 Å². The van der Waals surface area contributed by atoms with E-state index in [0.29, 0.717) is 0 Å². The summed E-state index contributed by atoms with van der Waals surface area (Å²) in [5.41, 5.74) is 0. The van der Waals surface area contributed by atoms with Crippen molar-refractivity contribution in [3.8, 4) is 0 Å². The molecule has 26 heavy (non-hydrogen) atoms. The molecule has 0 radical (unpaired) electrons. The Bertz CT molecular complexity index is 716. The molecule has 0 unspecified atom stereocenters. The lowest BCUT2D eigenvalue weighted by atomic mass is 10.3. The minimum absolute atomic E-state index is 0.861. The topological polar surface area (TPSA) is 69.5 Å². The van der Waals surface area contributed by atoms with E-state index in [0.717, 1.165) is 68.9 Å². The molecule has 0 amide bonds. The predicted octanol–water partition coefficient (Wildman–Crippen LogP) is 2.06. The zero-order chi connectivity index (χ0) is 18.4. The lowest BCUT2D eigenvalue weighted by Crippen LogP contribution is -2.52. The summed E-state index contributed by atoms with van der Waals surface area (Å²) in [7, 11) is 1.85. The number of nitrogens with zero attached hydrogens (tertiary/aromatic N) is 6. The fourth-order valence-electron chi connectivity index (χ4n) is 2.87. The first-order valence-corrected chi connectivity index (χ1v) is 10.8. The van der Waals surface area contributed by atoms with Gasteiger partial charge in [-0.3, -0.25) is 4.99 Å². The maximum absolute atomic E-state index is 4.60. The molecule has 2 aromatic heterocycles. The van der Waals surface area contributed by atoms with Gasteiger partial charge in [0.05, 0.1) is 5.01 Å². The second-order valence-electron chi connectivity index (χ2n) is 6.12. The van der Waals surface area contributed by atoms with Gasteiger partial charge >= 0.3 is 0 Å². The van der Waals surface area contributed by atoms with Crippen LogP contribution in [0.4, 0.5) is 5.13 Å². The smallest absolute Gasteiger partial charge is 0.205 e. The number of aromatic nitrogens is 3. The van der Waals surface area contributed by atoms with Crippen molar-refractivity contribution in [3.05, 3.63) is 21.9 Å². The Morgan fingerprint density at radius 3 is 2.65 bits per heavy atom. The number of thiazole rings is 1. The van der Waals surface area contributed by atoms with Gasteiger partial charge in [0.15, 0.2) is 5.96 Å². The number of hydrogen-bond acceptors (Lipinski definition) is 7. The van der Waals surface area contributed by atoms with E-state index in [-0.39, 0.29) is 0 Å². The van der Waals surface area contributed by atoms with E-state index in [4.69, 9.17) is 0 Å². The van der Waals surface area contributed by atoms with Gasteiger partial charge in [0, 0.05) is 75.2 Å². The Morgan fingerprint density at radius 2 is 2.04 bits per heavy atom. The van der Waals surface area contributed by atoms with Gasteiger partial charge in [-0.25, -0.2) is 9.97 Å². The minimum Gasteiger partial charge on any atom is -0.356 e. The highest BCUT2D eigenvalue weighted by atomic mass is 32.1. The molecule has 1 N–H and O–H groups in total. The normalized spacial score (nSPS) is 15.6. The van der Waals surface area contributed by atoms with Gasteiger partial charge in [0.2, 0.25) is 5.13 Å². The summed E-state index contributed by atoms with van der Waals surface area (Å²) in [6, 6.07) is 0. The largest absolute Gasteiger partial charge is 0.356 e. The van der Waals surface area contributed by atoms with Crippen LogP contribution in [0, 0.1) is 0 Å². The van der Waals surface area contributed by atoms with Crippen LogP contribution in [0.15, 0.2) is 11.2 Å². The van der Waals surface area contributed by atoms with Crippen LogP contribution < -0.4 is 10.2 Å². The van der Waals surface area contributed by atoms with E-state index < -0.39 is 0 Å². The molecule has 142 valence electrons. The lowest BCUT2D eigenvalue weighted by molar-refractivity contribution is 0.372. The number of aryl methyl sites for hydroxylation is 2. The van der Waals surface area contributed by atoms with Crippen LogP contribution in [0.1, 0.15) is 29.6 Å². The molecule has 3 rings (SSSR count). The molecular formula is C17H27N7S2. The van der Waals surface area contributed by atoms with E-state index in [1.54, 1.807) is 11.3 Å². The summed E-state index contributed by atoms with van der Waals surface area (Å²) in [6.45, 7) is 8.91. The standard InChI is InChI=1S/C17H27N7S2/c1-4-13-12-20-15(25-13)6-7-19-16(18-3)23-8-10-24(11-9-23)17-21-14(5-2)22-26-17/h12H,4-11H2,1-3H3,(H,18,19). The first kappa shape index (κ1) is 19.0. The van der Waals surface area contributed by atoms with Crippen molar-refractivity contribution >= 4 is 34.0 Å². The number of guanidine groups is 1. The van der Waals surface area contributed by atoms with Crippen LogP contribution in [0.5, 0.6) is 0 Å². The van der Waals surface area contributed by atoms with Crippen LogP contribution in [-0.4, -0.2) is 65.0 Å². The van der Waals surface area contributed by atoms with Gasteiger partial charge in [0.1, 0.15) is 5.82 Å². The molecule has 0 saturated carbocycles. The van der Waals surface area contributed by atoms with Crippen molar-refractivity contribution in [2.45, 2.75) is 33.1 Å². The van der Waals surface area contributed by atoms with Crippen LogP contribution in [0.3, 0.4) is 0 Å². The quantitative estimate of drug-likeness (QED) is 0.598. The van der Waals surface area contributed by atoms with E-state index >= 15 is 0 Å². The maximum Gasteiger partial charge on any atom is 0.205 e. The zero-order valence-corrected chi connectivity index (χ0v) is 17.4. The van der Waals surface area contributed by atoms with Crippen molar-refractivity contribution in [1.29, 1.82) is 0 Å². The number of aliphatic imine (C=N–C) groups is 1. The van der Waals surface area contributed by atoms with Crippen LogP contribution >= 0.6 is 22.9 Å². The Hall–Kier alpha value is -1.74. The number of anilines is 1. The molecule has 1 aliphatic rings. The van der Waals surface area contributed by atoms with Crippen molar-refractivity contribution in [2.24, 2.45) is 4.99 Å². The zero-order valence-electron chi connectivity index (χ0n) is 15.7. The Balaban J connectivity index is 1.45. The SMILES string of the molecule is CCc1nsc(N2CCN(C(=NC)NCCc3ncc(CC)s3)CC2)n1. The molecule has 2 aromatic rings. The third-order valence-electron chi connectivity index (χ3n) is 4.41. The summed E-state index contributed by atoms with van der Waals surface area (Å²) in [5.74, 6) is 1.92. The van der Waals surface area contributed by atoms with Crippen molar-refractivity contribution in [1.82, 2.24) is 24.6 Å². The van der Waals surface area contributed by atoms with Gasteiger partial charge in [0.25, 0.3) is 0 Å². The van der Waals surface area contributed by atoms with Gasteiger partial charge in [-0.15, -0.1) is 11.3 Å². The number of rotatable bonds is 6. The van der Waals surface area contributed by atoms with E-state index in [1.165, 1.54) is 21.4 Å². The van der Waals surface area contributed by atoms with Gasteiger partial charge in [-0.2, -0.15) is 4.37 Å². The molecule has 0 aromatic carbocycles. The number of nitrogens with one attached hydrogen (secondary N) is 1. The first-order valence-electron chi connectivity index (χ1n) is 9.20. The molecule has 0 aliphatic carbocycles. The Kier molecular flexibility index (Phi) is 6.79. The molecular weight excluding hydrogens is 366 g/mol. The summed E-state index contributed by atoms with van der Waals surface area (Å²) >= 11 is 3.31. The molecule has 3 heterocycles. The summed E-state index contributed by atoms with van der Waals surface area (Å²) < 4.78 is 4.39. The molecule has 0 atom stereocenters. The molecule has 9 heteroatoms. The summed E-state index contributed by atoms with van der Waals surface area (Å²) in [4.78, 5) is 19.5. The fourth-order valence-corrected chi connectivity index (χ4v) is 4.53. The molecule has 1 fully saturated rings. The molecule has 1 saturated heterocycles. The van der Waals surface area contributed by atoms with Crippen molar-refractivity contribution < 1.29 is 0 Å². The Morgan fingerprint density at radius 1 is 1.23 bits per heavy atom. The van der Waals surface area contributed by atoms with Crippen molar-refractivity contribution in [2.75, 3.05) is 44.7 Å². The van der Waals surface area contributed by atoms with E-state index in [1.807, 2.05) is 13.2 Å². The highest BCUT2D eigenvalue weighted by Crippen LogP contribution is 2.19. The third-order valence-corrected chi connectivity index (χ3v) is 6.42. The Labute approximate surface area is 163 Å². The van der Waals surface area contributed by atoms with Crippen LogP contribution in [0.2, 0.25) is 0 Å². The van der Waals surface area contributed by atoms with Gasteiger partial charge < -0.3 is 15.1 Å². The second kappa shape index (κ2) is 9.27. The fraction of sp³-hybridized carbons (Fsp3) is 0.647. The number of piperazine rings is 1. The first-order chi connectivity index (χ1) is 12.7. The third kappa shape index (κ3) is 4.70. The molecule has 7 nitrogen and oxygen atoms in total. The molecule has 0 spiro atoms. The number of hydrogen-bond donors (Lipinski definition) is 1. The second-order valence-corrected chi connectivity index (χ2v) is 8.05. The predicted molar refractivity (Wildman–Crippen MR) is 110 cm³/mol. The van der Waals surface area contributed by atoms with Gasteiger partial charge in [-0.05, 0) is 6.42 Å². The minimum atomic E-state index is 0.861. The average molecular weight is 394 g/mol. The van der Waals surface area contributed by atoms with Gasteiger partial charge in [-0.1, -0.05) is 13.8 Å². The monoisotopic (exact) mass is 393 g/mol. The van der Waals surface area contributed by atoms with E-state index in [9.17, 15) is 0 Å². The average Bonchev–Trinajstić information content (AvgIpc) is 3.35. The summed E-state index contributed by atoms with van der Waals surface area (Å²) in [6.07, 6.45) is 4.89. The summed E-state index contributed by atoms with van der Waals surface area (Å²) in [5, 5.41) is 5.72. The molecule has 1 aliphatic heterocycles. The maximum atomic E-state index is 4.60. The highest BCUT2D eigenvalue weighted by Gasteiger charge is 2.21. The van der Waals surface area contributed by atoms with E-state index in [2.05, 4.69) is 48.3 Å². The lowest BCUT2D eigenvalue weighted by Gasteiger charge is -2.36. The highest BCUT2D eigenvalue weighted by molar-refractivity contribution is 7.11. The van der Waals surface area contributed by atoms with Crippen LogP contribution in [0.25, 0.3) is 0 Å². The molecule has 0 bridgehead atoms.